The monoisotopic (exact) mass is 598 g/mol. The van der Waals surface area contributed by atoms with Crippen molar-refractivity contribution in [3.05, 3.63) is 95.6 Å². The van der Waals surface area contributed by atoms with E-state index in [1.807, 2.05) is 24.5 Å². The number of aromatic nitrogens is 5. The second-order valence-electron chi connectivity index (χ2n) is 10.3. The maximum Gasteiger partial charge on any atom is 0.226 e. The summed E-state index contributed by atoms with van der Waals surface area (Å²) in [7, 11) is 0. The lowest BCUT2D eigenvalue weighted by Gasteiger charge is -2.10. The number of carbonyl (C=O) groups is 1. The number of halogens is 2. The van der Waals surface area contributed by atoms with E-state index >= 15 is 4.39 Å². The summed E-state index contributed by atoms with van der Waals surface area (Å²) in [5, 5.41) is 14.0. The topological polar surface area (TPSA) is 123 Å². The fourth-order valence-electron chi connectivity index (χ4n) is 4.83. The average Bonchev–Trinajstić information content (AvgIpc) is 3.53. The third-order valence-electron chi connectivity index (χ3n) is 6.96. The molecule has 0 spiro atoms. The molecule has 0 fully saturated rings. The van der Waals surface area contributed by atoms with Crippen molar-refractivity contribution in [3.63, 3.8) is 0 Å². The summed E-state index contributed by atoms with van der Waals surface area (Å²) >= 11 is 1.46. The Morgan fingerprint density at radius 1 is 1.07 bits per heavy atom. The minimum Gasteiger partial charge on any atom is -0.345 e. The Bertz CT molecular complexity index is 1910. The Labute approximate surface area is 250 Å². The lowest BCUT2D eigenvalue weighted by atomic mass is 10.00. The van der Waals surface area contributed by atoms with Gasteiger partial charge in [0.1, 0.15) is 17.3 Å². The standard InChI is InChI=1S/C31H28F2N8OS/c1-16(2)31(42)37-21-10-19(14-34-15-21)23-11-24-26(12-25(23)33)40-41-28(24)30-38-27-22(5-4-6-35-29(27)39-30)18-7-17(13-36-43-3)8-20(32)9-18/h4-12,14-16,35-36H,13H2,1-3H3,(H,37,42)(H,38,39)(H,40,41). The predicted octanol–water partition coefficient (Wildman–Crippen LogP) is 6.63. The SMILES string of the molecule is CSNCc1cc(F)cc(C2=CC=CNc3nc(-c4n[nH]c5cc(F)c(-c6cncc(NC(=O)C(C)C)c6)cc45)[nH]c32)c1. The Kier molecular flexibility index (Phi) is 7.78. The number of imidazole rings is 1. The first-order chi connectivity index (χ1) is 20.8. The van der Waals surface area contributed by atoms with Gasteiger partial charge in [-0.25, -0.2) is 13.8 Å². The molecular formula is C31H28F2N8OS. The van der Waals surface area contributed by atoms with Gasteiger partial charge in [-0.05, 0) is 53.8 Å². The minimum absolute atomic E-state index is 0.160. The Morgan fingerprint density at radius 3 is 2.74 bits per heavy atom. The van der Waals surface area contributed by atoms with Gasteiger partial charge >= 0.3 is 0 Å². The number of aromatic amines is 2. The molecule has 6 rings (SSSR count). The maximum atomic E-state index is 15.3. The molecule has 9 nitrogen and oxygen atoms in total. The van der Waals surface area contributed by atoms with Gasteiger partial charge < -0.3 is 15.6 Å². The molecule has 4 heterocycles. The van der Waals surface area contributed by atoms with E-state index in [4.69, 9.17) is 4.98 Å². The summed E-state index contributed by atoms with van der Waals surface area (Å²) in [6.07, 6.45) is 10.4. The van der Waals surface area contributed by atoms with E-state index in [0.717, 1.165) is 11.1 Å². The molecule has 5 N–H and O–H groups in total. The first-order valence-corrected chi connectivity index (χ1v) is 14.8. The largest absolute Gasteiger partial charge is 0.345 e. The first-order valence-electron chi connectivity index (χ1n) is 13.5. The van der Waals surface area contributed by atoms with Crippen LogP contribution in [0.15, 0.2) is 67.1 Å². The van der Waals surface area contributed by atoms with Crippen LogP contribution < -0.4 is 15.4 Å². The molecule has 0 saturated heterocycles. The molecule has 5 aromatic rings. The number of allylic oxidation sites excluding steroid dienone is 2. The quantitative estimate of drug-likeness (QED) is 0.127. The predicted molar refractivity (Wildman–Crippen MR) is 167 cm³/mol. The number of nitrogens with zero attached hydrogens (tertiary/aromatic N) is 3. The van der Waals surface area contributed by atoms with Crippen LogP contribution in [0.25, 0.3) is 39.1 Å². The van der Waals surface area contributed by atoms with E-state index in [0.29, 0.717) is 62.9 Å². The molecule has 1 aliphatic heterocycles. The number of carbonyl (C=O) groups excluding carboxylic acids is 1. The highest BCUT2D eigenvalue weighted by molar-refractivity contribution is 7.96. The second kappa shape index (κ2) is 11.8. The molecule has 218 valence electrons. The molecule has 0 unspecified atom stereocenters. The molecule has 0 bridgehead atoms. The second-order valence-corrected chi connectivity index (χ2v) is 11.0. The van der Waals surface area contributed by atoms with Crippen LogP contribution in [0.4, 0.5) is 20.3 Å². The number of anilines is 2. The summed E-state index contributed by atoms with van der Waals surface area (Å²) in [6.45, 7) is 4.09. The summed E-state index contributed by atoms with van der Waals surface area (Å²) in [6, 6.07) is 9.67. The average molecular weight is 599 g/mol. The fourth-order valence-corrected chi connectivity index (χ4v) is 5.14. The van der Waals surface area contributed by atoms with Gasteiger partial charge in [0.2, 0.25) is 5.91 Å². The Morgan fingerprint density at radius 2 is 1.93 bits per heavy atom. The van der Waals surface area contributed by atoms with Gasteiger partial charge in [0, 0.05) is 53.0 Å². The van der Waals surface area contributed by atoms with E-state index < -0.39 is 5.82 Å². The van der Waals surface area contributed by atoms with Crippen LogP contribution in [0.3, 0.4) is 0 Å². The summed E-state index contributed by atoms with van der Waals surface area (Å²) in [5.41, 5.74) is 5.14. The van der Waals surface area contributed by atoms with Gasteiger partial charge in [0.25, 0.3) is 0 Å². The first kappa shape index (κ1) is 28.3. The minimum atomic E-state index is -0.470. The van der Waals surface area contributed by atoms with Crippen molar-refractivity contribution in [2.24, 2.45) is 5.92 Å². The lowest BCUT2D eigenvalue weighted by molar-refractivity contribution is -0.118. The zero-order chi connectivity index (χ0) is 30.1. The molecule has 0 saturated carbocycles. The smallest absolute Gasteiger partial charge is 0.226 e. The van der Waals surface area contributed by atoms with Crippen LogP contribution in [0.2, 0.25) is 0 Å². The van der Waals surface area contributed by atoms with Crippen LogP contribution in [-0.2, 0) is 11.3 Å². The van der Waals surface area contributed by atoms with E-state index in [9.17, 15) is 9.18 Å². The van der Waals surface area contributed by atoms with Crippen LogP contribution in [0.5, 0.6) is 0 Å². The van der Waals surface area contributed by atoms with Gasteiger partial charge in [0.05, 0.1) is 23.1 Å². The van der Waals surface area contributed by atoms with Gasteiger partial charge in [-0.1, -0.05) is 31.9 Å². The van der Waals surface area contributed by atoms with Crippen LogP contribution >= 0.6 is 11.9 Å². The molecule has 12 heteroatoms. The van der Waals surface area contributed by atoms with Crippen molar-refractivity contribution in [3.8, 4) is 22.6 Å². The third kappa shape index (κ3) is 5.79. The molecule has 0 atom stereocenters. The normalized spacial score (nSPS) is 12.7. The van der Waals surface area contributed by atoms with Crippen molar-refractivity contribution in [2.75, 3.05) is 16.9 Å². The number of benzene rings is 2. The highest BCUT2D eigenvalue weighted by Gasteiger charge is 2.22. The van der Waals surface area contributed by atoms with Gasteiger partial charge in [-0.3, -0.25) is 19.6 Å². The molecule has 43 heavy (non-hydrogen) atoms. The molecular weight excluding hydrogens is 570 g/mol. The molecule has 1 aliphatic rings. The van der Waals surface area contributed by atoms with Gasteiger partial charge in [-0.2, -0.15) is 5.10 Å². The van der Waals surface area contributed by atoms with E-state index in [-0.39, 0.29) is 17.6 Å². The van der Waals surface area contributed by atoms with Crippen molar-refractivity contribution < 1.29 is 13.6 Å². The maximum absolute atomic E-state index is 15.3. The van der Waals surface area contributed by atoms with Crippen molar-refractivity contribution >= 4 is 45.8 Å². The molecule has 2 aromatic carbocycles. The van der Waals surface area contributed by atoms with Crippen molar-refractivity contribution in [1.82, 2.24) is 29.9 Å². The number of fused-ring (bicyclic) bond motifs is 2. The summed E-state index contributed by atoms with van der Waals surface area (Å²) in [4.78, 5) is 24.5. The van der Waals surface area contributed by atoms with Crippen molar-refractivity contribution in [2.45, 2.75) is 20.4 Å². The Balaban J connectivity index is 1.39. The van der Waals surface area contributed by atoms with Crippen LogP contribution in [0, 0.1) is 17.6 Å². The number of pyridine rings is 1. The fraction of sp³-hybridized carbons (Fsp3) is 0.161. The van der Waals surface area contributed by atoms with E-state index in [2.05, 4.69) is 35.5 Å². The number of amides is 1. The van der Waals surface area contributed by atoms with E-state index in [1.165, 1.54) is 36.3 Å². The number of hydrogen-bond donors (Lipinski definition) is 5. The zero-order valence-corrected chi connectivity index (χ0v) is 24.4. The summed E-state index contributed by atoms with van der Waals surface area (Å²) in [5.74, 6) is -0.198. The van der Waals surface area contributed by atoms with Crippen LogP contribution in [-0.4, -0.2) is 37.3 Å². The molecule has 1 amide bonds. The van der Waals surface area contributed by atoms with Crippen molar-refractivity contribution in [1.29, 1.82) is 0 Å². The van der Waals surface area contributed by atoms with Gasteiger partial charge in [0.15, 0.2) is 11.6 Å². The highest BCUT2D eigenvalue weighted by Crippen LogP contribution is 2.36. The molecule has 0 radical (unpaired) electrons. The lowest BCUT2D eigenvalue weighted by Crippen LogP contribution is -2.17. The van der Waals surface area contributed by atoms with Crippen LogP contribution in [0.1, 0.15) is 30.7 Å². The molecule has 0 aliphatic carbocycles. The third-order valence-corrected chi connectivity index (χ3v) is 7.39. The number of nitrogens with one attached hydrogen (secondary N) is 5. The zero-order valence-electron chi connectivity index (χ0n) is 23.5. The number of H-pyrrole nitrogens is 2. The molecule has 3 aromatic heterocycles. The summed E-state index contributed by atoms with van der Waals surface area (Å²) < 4.78 is 33.1. The number of rotatable bonds is 8. The highest BCUT2D eigenvalue weighted by atomic mass is 32.2. The van der Waals surface area contributed by atoms with Gasteiger partial charge in [-0.15, -0.1) is 0 Å². The Hall–Kier alpha value is -4.81. The number of hydrogen-bond acceptors (Lipinski definition) is 7. The van der Waals surface area contributed by atoms with E-state index in [1.54, 1.807) is 38.4 Å².